The predicted molar refractivity (Wildman–Crippen MR) is 205 cm³/mol. The third kappa shape index (κ3) is 10.9. The highest BCUT2D eigenvalue weighted by Gasteiger charge is 2.19. The summed E-state index contributed by atoms with van der Waals surface area (Å²) < 4.78 is 0. The summed E-state index contributed by atoms with van der Waals surface area (Å²) in [6.45, 7) is 7.49. The fraction of sp³-hybridized carbons (Fsp3) is 0.318. The zero-order valence-electron chi connectivity index (χ0n) is 28.9. The molecular weight excluding hydrogens is 585 g/mol. The van der Waals surface area contributed by atoms with Crippen molar-refractivity contribution >= 4 is 11.4 Å². The first-order valence-corrected chi connectivity index (χ1v) is 17.9. The smallest absolute Gasteiger partial charge is 0.0411 e. The van der Waals surface area contributed by atoms with E-state index in [9.17, 15) is 0 Å². The lowest BCUT2D eigenvalue weighted by atomic mass is 9.88. The molecule has 48 heavy (non-hydrogen) atoms. The predicted octanol–water partition coefficient (Wildman–Crippen LogP) is 9.46. The van der Waals surface area contributed by atoms with Gasteiger partial charge in [0.15, 0.2) is 0 Å². The van der Waals surface area contributed by atoms with Gasteiger partial charge in [0, 0.05) is 49.0 Å². The van der Waals surface area contributed by atoms with Crippen molar-refractivity contribution in [3.8, 4) is 0 Å². The number of benzene rings is 5. The first-order valence-electron chi connectivity index (χ1n) is 17.9. The molecule has 1 aliphatic heterocycles. The molecule has 0 amide bonds. The highest BCUT2D eigenvalue weighted by molar-refractivity contribution is 5.62. The lowest BCUT2D eigenvalue weighted by molar-refractivity contribution is 0.181. The Labute approximate surface area is 289 Å². The van der Waals surface area contributed by atoms with Gasteiger partial charge in [-0.15, -0.1) is 0 Å². The maximum atomic E-state index is 3.71. The molecule has 6 rings (SSSR count). The van der Waals surface area contributed by atoms with E-state index in [4.69, 9.17) is 0 Å². The Morgan fingerprint density at radius 2 is 1.10 bits per heavy atom. The van der Waals surface area contributed by atoms with Crippen LogP contribution in [0, 0.1) is 0 Å². The average Bonchev–Trinajstić information content (AvgIpc) is 3.16. The maximum Gasteiger partial charge on any atom is 0.0411 e. The van der Waals surface area contributed by atoms with E-state index in [2.05, 4.69) is 186 Å². The molecule has 5 aromatic carbocycles. The quantitative estimate of drug-likeness (QED) is 0.119. The Morgan fingerprint density at radius 1 is 0.625 bits per heavy atom. The van der Waals surface area contributed by atoms with E-state index < -0.39 is 0 Å². The number of nitrogens with one attached hydrogen (secondary N) is 2. The van der Waals surface area contributed by atoms with Gasteiger partial charge in [0.25, 0.3) is 0 Å². The Bertz CT molecular complexity index is 1450. The van der Waals surface area contributed by atoms with E-state index in [1.54, 1.807) is 0 Å². The van der Waals surface area contributed by atoms with Gasteiger partial charge in [-0.25, -0.2) is 0 Å². The molecule has 2 atom stereocenters. The van der Waals surface area contributed by atoms with Crippen LogP contribution in [0.5, 0.6) is 0 Å². The van der Waals surface area contributed by atoms with E-state index in [0.29, 0.717) is 18.0 Å². The molecule has 1 heterocycles. The summed E-state index contributed by atoms with van der Waals surface area (Å²) in [6, 6.07) is 54.6. The second kappa shape index (κ2) is 19.6. The lowest BCUT2D eigenvalue weighted by Crippen LogP contribution is -2.43. The molecule has 4 heteroatoms. The summed E-state index contributed by atoms with van der Waals surface area (Å²) in [7, 11) is 2.27. The minimum absolute atomic E-state index is 0.347. The number of nitrogens with zero attached hydrogens (tertiary/aromatic N) is 2. The van der Waals surface area contributed by atoms with Gasteiger partial charge >= 0.3 is 0 Å². The van der Waals surface area contributed by atoms with Crippen molar-refractivity contribution in [3.63, 3.8) is 0 Å². The lowest BCUT2D eigenvalue weighted by Gasteiger charge is -2.32. The van der Waals surface area contributed by atoms with E-state index in [0.717, 1.165) is 32.6 Å². The number of hydrogen-bond acceptors (Lipinski definition) is 4. The van der Waals surface area contributed by atoms with Gasteiger partial charge in [0.1, 0.15) is 0 Å². The Kier molecular flexibility index (Phi) is 14.3. The molecule has 0 bridgehead atoms. The van der Waals surface area contributed by atoms with Crippen molar-refractivity contribution in [2.75, 3.05) is 44.7 Å². The van der Waals surface area contributed by atoms with Crippen LogP contribution in [0.4, 0.5) is 11.4 Å². The van der Waals surface area contributed by atoms with Crippen LogP contribution in [0.2, 0.25) is 0 Å². The van der Waals surface area contributed by atoms with Crippen molar-refractivity contribution < 1.29 is 0 Å². The first-order chi connectivity index (χ1) is 23.7. The molecule has 5 aromatic rings. The molecule has 2 unspecified atom stereocenters. The molecule has 2 N–H and O–H groups in total. The van der Waals surface area contributed by atoms with Crippen LogP contribution in [-0.4, -0.2) is 50.7 Å². The summed E-state index contributed by atoms with van der Waals surface area (Å²) in [5.74, 6) is 0.476. The van der Waals surface area contributed by atoms with Crippen LogP contribution in [0.15, 0.2) is 152 Å². The van der Waals surface area contributed by atoms with Crippen molar-refractivity contribution in [2.24, 2.45) is 0 Å². The number of anilines is 2. The van der Waals surface area contributed by atoms with E-state index in [-0.39, 0.29) is 0 Å². The van der Waals surface area contributed by atoms with E-state index in [1.165, 1.54) is 53.9 Å². The van der Waals surface area contributed by atoms with Crippen LogP contribution in [0.1, 0.15) is 61.3 Å². The first kappa shape index (κ1) is 35.1. The van der Waals surface area contributed by atoms with Crippen molar-refractivity contribution in [3.05, 3.63) is 168 Å². The van der Waals surface area contributed by atoms with Gasteiger partial charge in [0.05, 0.1) is 0 Å². The van der Waals surface area contributed by atoms with Crippen molar-refractivity contribution in [1.82, 2.24) is 15.5 Å². The standard InChI is InChI=1S/C22H24N2.C22H30N2/c1-19(20-11-5-2-6-12-20)23-17-18-24(21-13-7-3-8-14-21)22-15-9-4-10-16-22;1-24-17-9-8-14-21(24)18-23-16-15-22(19-10-4-2-5-11-19)20-12-6-3-7-13-20/h2-16,19,23H,17-18H2,1H3;2-7,10-13,21-23H,8-9,14-18H2,1H3. The molecule has 0 radical (unpaired) electrons. The molecule has 0 spiro atoms. The van der Waals surface area contributed by atoms with Crippen LogP contribution in [0.3, 0.4) is 0 Å². The van der Waals surface area contributed by atoms with E-state index in [1.807, 2.05) is 0 Å². The molecule has 4 nitrogen and oxygen atoms in total. The summed E-state index contributed by atoms with van der Waals surface area (Å²) in [4.78, 5) is 4.87. The van der Waals surface area contributed by atoms with Crippen LogP contribution >= 0.6 is 0 Å². The highest BCUT2D eigenvalue weighted by Crippen LogP contribution is 2.28. The summed E-state index contributed by atoms with van der Waals surface area (Å²) >= 11 is 0. The number of rotatable bonds is 14. The Hall–Kier alpha value is -4.22. The topological polar surface area (TPSA) is 30.5 Å². The monoisotopic (exact) mass is 638 g/mol. The second-order valence-electron chi connectivity index (χ2n) is 12.9. The number of para-hydroxylation sites is 2. The molecule has 1 saturated heterocycles. The van der Waals surface area contributed by atoms with Gasteiger partial charge < -0.3 is 20.4 Å². The van der Waals surface area contributed by atoms with E-state index >= 15 is 0 Å². The van der Waals surface area contributed by atoms with Gasteiger partial charge in [-0.05, 0) is 87.3 Å². The van der Waals surface area contributed by atoms with Gasteiger partial charge in [0.2, 0.25) is 0 Å². The second-order valence-corrected chi connectivity index (χ2v) is 12.9. The third-order valence-electron chi connectivity index (χ3n) is 9.54. The zero-order chi connectivity index (χ0) is 33.2. The molecule has 250 valence electrons. The molecular formula is C44H54N4. The van der Waals surface area contributed by atoms with Crippen molar-refractivity contribution in [1.29, 1.82) is 0 Å². The summed E-state index contributed by atoms with van der Waals surface area (Å²) in [6.07, 6.45) is 5.22. The number of likely N-dealkylation sites (N-methyl/N-ethyl adjacent to an activating group) is 1. The fourth-order valence-corrected chi connectivity index (χ4v) is 6.69. The SMILES string of the molecule is CC(NCCN(c1ccccc1)c1ccccc1)c1ccccc1.CN1CCCCC1CNCCC(c1ccccc1)c1ccccc1. The van der Waals surface area contributed by atoms with Gasteiger partial charge in [-0.2, -0.15) is 0 Å². The normalized spacial score (nSPS) is 15.4. The number of piperidine rings is 1. The summed E-state index contributed by atoms with van der Waals surface area (Å²) in [5, 5.41) is 7.34. The fourth-order valence-electron chi connectivity index (χ4n) is 6.69. The van der Waals surface area contributed by atoms with Crippen LogP contribution < -0.4 is 15.5 Å². The summed E-state index contributed by atoms with van der Waals surface area (Å²) in [5.41, 5.74) is 6.60. The minimum atomic E-state index is 0.347. The average molecular weight is 639 g/mol. The third-order valence-corrected chi connectivity index (χ3v) is 9.54. The van der Waals surface area contributed by atoms with Crippen LogP contribution in [-0.2, 0) is 0 Å². The molecule has 1 fully saturated rings. The van der Waals surface area contributed by atoms with Gasteiger partial charge in [-0.3, -0.25) is 0 Å². The maximum absolute atomic E-state index is 3.71. The molecule has 0 aliphatic carbocycles. The largest absolute Gasteiger partial charge is 0.340 e. The molecule has 1 aliphatic rings. The number of hydrogen-bond donors (Lipinski definition) is 2. The van der Waals surface area contributed by atoms with Gasteiger partial charge in [-0.1, -0.05) is 134 Å². The Balaban J connectivity index is 0.000000188. The highest BCUT2D eigenvalue weighted by atomic mass is 15.2. The zero-order valence-corrected chi connectivity index (χ0v) is 28.9. The molecule has 0 saturated carbocycles. The van der Waals surface area contributed by atoms with Crippen molar-refractivity contribution in [2.45, 2.75) is 50.6 Å². The van der Waals surface area contributed by atoms with Crippen LogP contribution in [0.25, 0.3) is 0 Å². The Morgan fingerprint density at radius 3 is 1.60 bits per heavy atom. The number of likely N-dealkylation sites (tertiary alicyclic amines) is 1. The molecule has 0 aromatic heterocycles. The minimum Gasteiger partial charge on any atom is -0.340 e.